The molecule has 0 amide bonds. The topological polar surface area (TPSA) is 36.9 Å². The molecule has 1 unspecified atom stereocenters. The van der Waals surface area contributed by atoms with Crippen LogP contribution in [-0.4, -0.2) is 50.8 Å². The van der Waals surface area contributed by atoms with E-state index in [9.17, 15) is 0 Å². The summed E-state index contributed by atoms with van der Waals surface area (Å²) in [4.78, 5) is 7.24. The number of aliphatic imine (C=N–C) groups is 1. The van der Waals surface area contributed by atoms with Crippen molar-refractivity contribution in [3.05, 3.63) is 0 Å². The average molecular weight is 437 g/mol. The van der Waals surface area contributed by atoms with E-state index in [1.807, 2.05) is 0 Å². The minimum atomic E-state index is 0. The number of hydrogen-bond donors (Lipinski definition) is 1. The van der Waals surface area contributed by atoms with Crippen LogP contribution in [0.15, 0.2) is 4.99 Å². The summed E-state index contributed by atoms with van der Waals surface area (Å²) in [5.74, 6) is 2.53. The van der Waals surface area contributed by atoms with Crippen LogP contribution < -0.4 is 5.32 Å². The quantitative estimate of drug-likeness (QED) is 0.403. The molecule has 1 heterocycles. The van der Waals surface area contributed by atoms with Gasteiger partial charge in [-0.1, -0.05) is 32.1 Å². The lowest BCUT2D eigenvalue weighted by Crippen LogP contribution is -2.41. The van der Waals surface area contributed by atoms with E-state index in [4.69, 9.17) is 9.73 Å². The number of halogens is 1. The van der Waals surface area contributed by atoms with Gasteiger partial charge in [-0.2, -0.15) is 0 Å². The Kier molecular flexibility index (Phi) is 11.3. The molecule has 1 aliphatic carbocycles. The van der Waals surface area contributed by atoms with Crippen LogP contribution in [-0.2, 0) is 4.74 Å². The first kappa shape index (κ1) is 21.0. The molecular formula is C18H36IN3O. The van der Waals surface area contributed by atoms with Gasteiger partial charge in [-0.05, 0) is 32.1 Å². The van der Waals surface area contributed by atoms with E-state index in [0.717, 1.165) is 44.7 Å². The standard InChI is InChI=1S/C18H35N3O.HI/c1-3-19-18(21(2)14-17-11-12-22-15-17)20-13-16-9-7-5-4-6-8-10-16;/h16-17H,3-15H2,1-2H3,(H,19,20);1H. The zero-order chi connectivity index (χ0) is 15.6. The maximum absolute atomic E-state index is 5.49. The van der Waals surface area contributed by atoms with Gasteiger partial charge >= 0.3 is 0 Å². The molecule has 2 rings (SSSR count). The SMILES string of the molecule is CCNC(=NCC1CCCCCCC1)N(C)CC1CCOC1.I. The number of rotatable bonds is 5. The summed E-state index contributed by atoms with van der Waals surface area (Å²) >= 11 is 0. The maximum atomic E-state index is 5.49. The van der Waals surface area contributed by atoms with Crippen LogP contribution in [0.2, 0.25) is 0 Å². The van der Waals surface area contributed by atoms with Crippen LogP contribution in [0.5, 0.6) is 0 Å². The molecule has 0 aromatic rings. The minimum absolute atomic E-state index is 0. The Bertz CT molecular complexity index is 324. The molecule has 23 heavy (non-hydrogen) atoms. The van der Waals surface area contributed by atoms with Gasteiger partial charge < -0.3 is 15.0 Å². The Labute approximate surface area is 159 Å². The highest BCUT2D eigenvalue weighted by atomic mass is 127. The lowest BCUT2D eigenvalue weighted by atomic mass is 9.91. The zero-order valence-electron chi connectivity index (χ0n) is 15.1. The van der Waals surface area contributed by atoms with Gasteiger partial charge in [0, 0.05) is 39.2 Å². The summed E-state index contributed by atoms with van der Waals surface area (Å²) in [5.41, 5.74) is 0. The Morgan fingerprint density at radius 2 is 1.78 bits per heavy atom. The van der Waals surface area contributed by atoms with Gasteiger partial charge in [-0.25, -0.2) is 0 Å². The summed E-state index contributed by atoms with van der Waals surface area (Å²) in [6.07, 6.45) is 11.0. The van der Waals surface area contributed by atoms with Gasteiger partial charge in [-0.15, -0.1) is 24.0 Å². The van der Waals surface area contributed by atoms with Gasteiger partial charge in [0.25, 0.3) is 0 Å². The van der Waals surface area contributed by atoms with Crippen molar-refractivity contribution < 1.29 is 4.74 Å². The van der Waals surface area contributed by atoms with Gasteiger partial charge in [0.2, 0.25) is 0 Å². The third-order valence-corrected chi connectivity index (χ3v) is 4.98. The van der Waals surface area contributed by atoms with Crippen molar-refractivity contribution in [1.82, 2.24) is 10.2 Å². The predicted molar refractivity (Wildman–Crippen MR) is 109 cm³/mol. The summed E-state index contributed by atoms with van der Waals surface area (Å²) in [6, 6.07) is 0. The molecule has 1 aliphatic heterocycles. The summed E-state index contributed by atoms with van der Waals surface area (Å²) in [7, 11) is 2.16. The molecule has 4 nitrogen and oxygen atoms in total. The van der Waals surface area contributed by atoms with Gasteiger partial charge in [-0.3, -0.25) is 4.99 Å². The van der Waals surface area contributed by atoms with Gasteiger partial charge in [0.15, 0.2) is 5.96 Å². The monoisotopic (exact) mass is 437 g/mol. The van der Waals surface area contributed by atoms with E-state index < -0.39 is 0 Å². The Hall–Kier alpha value is -0.0400. The van der Waals surface area contributed by atoms with Crippen molar-refractivity contribution >= 4 is 29.9 Å². The summed E-state index contributed by atoms with van der Waals surface area (Å²) in [6.45, 7) is 6.97. The Morgan fingerprint density at radius 3 is 2.39 bits per heavy atom. The van der Waals surface area contributed by atoms with Crippen molar-refractivity contribution in [2.75, 3.05) is 39.9 Å². The highest BCUT2D eigenvalue weighted by Gasteiger charge is 2.19. The first-order valence-electron chi connectivity index (χ1n) is 9.36. The second-order valence-corrected chi connectivity index (χ2v) is 7.02. The first-order valence-corrected chi connectivity index (χ1v) is 9.36. The minimum Gasteiger partial charge on any atom is -0.381 e. The molecule has 2 aliphatic rings. The smallest absolute Gasteiger partial charge is 0.193 e. The van der Waals surface area contributed by atoms with E-state index in [0.29, 0.717) is 5.92 Å². The van der Waals surface area contributed by atoms with Crippen molar-refractivity contribution in [3.8, 4) is 0 Å². The van der Waals surface area contributed by atoms with Crippen molar-refractivity contribution in [2.45, 2.75) is 58.3 Å². The molecule has 0 radical (unpaired) electrons. The van der Waals surface area contributed by atoms with Crippen molar-refractivity contribution in [1.29, 1.82) is 0 Å². The molecule has 1 N–H and O–H groups in total. The predicted octanol–water partition coefficient (Wildman–Crippen LogP) is 3.90. The number of nitrogens with zero attached hydrogens (tertiary/aromatic N) is 2. The Morgan fingerprint density at radius 1 is 1.09 bits per heavy atom. The fraction of sp³-hybridized carbons (Fsp3) is 0.944. The molecule has 1 atom stereocenters. The molecule has 0 aromatic heterocycles. The number of hydrogen-bond acceptors (Lipinski definition) is 2. The van der Waals surface area contributed by atoms with Crippen LogP contribution in [0.1, 0.15) is 58.3 Å². The van der Waals surface area contributed by atoms with Crippen LogP contribution in [0.3, 0.4) is 0 Å². The molecule has 2 fully saturated rings. The third-order valence-electron chi connectivity index (χ3n) is 4.98. The van der Waals surface area contributed by atoms with Gasteiger partial charge in [0.05, 0.1) is 6.61 Å². The number of nitrogens with one attached hydrogen (secondary N) is 1. The number of ether oxygens (including phenoxy) is 1. The fourth-order valence-corrected chi connectivity index (χ4v) is 3.61. The molecule has 136 valence electrons. The highest BCUT2D eigenvalue weighted by molar-refractivity contribution is 14.0. The number of guanidine groups is 1. The lowest BCUT2D eigenvalue weighted by Gasteiger charge is -2.25. The summed E-state index contributed by atoms with van der Waals surface area (Å²) in [5, 5.41) is 3.46. The average Bonchev–Trinajstić information content (AvgIpc) is 2.97. The lowest BCUT2D eigenvalue weighted by molar-refractivity contribution is 0.181. The highest BCUT2D eigenvalue weighted by Crippen LogP contribution is 2.22. The molecule has 5 heteroatoms. The van der Waals surface area contributed by atoms with Crippen LogP contribution in [0.25, 0.3) is 0 Å². The van der Waals surface area contributed by atoms with Crippen LogP contribution in [0, 0.1) is 11.8 Å². The van der Waals surface area contributed by atoms with Crippen molar-refractivity contribution in [3.63, 3.8) is 0 Å². The second-order valence-electron chi connectivity index (χ2n) is 7.02. The molecule has 1 saturated carbocycles. The van der Waals surface area contributed by atoms with E-state index in [1.54, 1.807) is 0 Å². The molecule has 0 spiro atoms. The molecule has 0 aromatic carbocycles. The molecular weight excluding hydrogens is 401 g/mol. The normalized spacial score (nSPS) is 23.7. The van der Waals surface area contributed by atoms with E-state index in [2.05, 4.69) is 24.2 Å². The molecule has 0 bridgehead atoms. The first-order chi connectivity index (χ1) is 10.8. The maximum Gasteiger partial charge on any atom is 0.193 e. The third kappa shape index (κ3) is 8.05. The van der Waals surface area contributed by atoms with Crippen LogP contribution >= 0.6 is 24.0 Å². The van der Waals surface area contributed by atoms with Crippen molar-refractivity contribution in [2.24, 2.45) is 16.8 Å². The van der Waals surface area contributed by atoms with Gasteiger partial charge in [0.1, 0.15) is 0 Å². The van der Waals surface area contributed by atoms with E-state index >= 15 is 0 Å². The largest absolute Gasteiger partial charge is 0.381 e. The second kappa shape index (κ2) is 12.3. The fourth-order valence-electron chi connectivity index (χ4n) is 3.61. The summed E-state index contributed by atoms with van der Waals surface area (Å²) < 4.78 is 5.49. The van der Waals surface area contributed by atoms with E-state index in [1.165, 1.54) is 51.4 Å². The van der Waals surface area contributed by atoms with Crippen LogP contribution in [0.4, 0.5) is 0 Å². The molecule has 1 saturated heterocycles. The Balaban J connectivity index is 0.00000264. The van der Waals surface area contributed by atoms with E-state index in [-0.39, 0.29) is 24.0 Å². The zero-order valence-corrected chi connectivity index (χ0v) is 17.4.